The summed E-state index contributed by atoms with van der Waals surface area (Å²) in [6.07, 6.45) is -1.06. The largest absolute Gasteiger partial charge is 1.00 e. The van der Waals surface area contributed by atoms with Crippen LogP contribution >= 0.6 is 0 Å². The third-order valence-corrected chi connectivity index (χ3v) is 5.51. The molecular formula is C18H29N2NaO7S. The zero-order valence-electron chi connectivity index (χ0n) is 18.2. The maximum Gasteiger partial charge on any atom is 1.00 e. The summed E-state index contributed by atoms with van der Waals surface area (Å²) in [6, 6.07) is 5.80. The second-order valence-electron chi connectivity index (χ2n) is 6.94. The number of ether oxygens (including phenoxy) is 1. The predicted molar refractivity (Wildman–Crippen MR) is 104 cm³/mol. The fraction of sp³-hybridized carbons (Fsp3) is 0.556. The van der Waals surface area contributed by atoms with Gasteiger partial charge in [-0.1, -0.05) is 51.1 Å². The summed E-state index contributed by atoms with van der Waals surface area (Å²) in [5.74, 6) is -1.46. The van der Waals surface area contributed by atoms with Gasteiger partial charge in [0.05, 0.1) is 12.1 Å². The number of amides is 1. The van der Waals surface area contributed by atoms with Crippen LogP contribution in [0.2, 0.25) is 0 Å². The van der Waals surface area contributed by atoms with Gasteiger partial charge in [-0.25, -0.2) is 4.79 Å². The molecule has 0 saturated carbocycles. The average molecular weight is 440 g/mol. The summed E-state index contributed by atoms with van der Waals surface area (Å²) in [6.45, 7) is 4.87. The number of hydrogen-bond donors (Lipinski definition) is 4. The Bertz CT molecular complexity index is 780. The number of alkyl carbamates (subject to hydrolysis) is 1. The van der Waals surface area contributed by atoms with E-state index in [1.54, 1.807) is 44.2 Å². The van der Waals surface area contributed by atoms with E-state index in [0.29, 0.717) is 5.56 Å². The van der Waals surface area contributed by atoms with E-state index in [2.05, 4.69) is 5.32 Å². The topological polar surface area (TPSA) is 156 Å². The molecule has 0 heterocycles. The second-order valence-corrected chi connectivity index (χ2v) is 8.51. The monoisotopic (exact) mass is 440 g/mol. The number of benzene rings is 1. The van der Waals surface area contributed by atoms with Crippen molar-refractivity contribution in [2.45, 2.75) is 57.2 Å². The van der Waals surface area contributed by atoms with Crippen molar-refractivity contribution < 1.29 is 63.4 Å². The number of rotatable bonds is 10. The number of nitrogens with one attached hydrogen (secondary N) is 1. The van der Waals surface area contributed by atoms with Crippen LogP contribution in [0.25, 0.3) is 0 Å². The fourth-order valence-corrected chi connectivity index (χ4v) is 3.58. The summed E-state index contributed by atoms with van der Waals surface area (Å²) in [5.41, 5.74) is 6.33. The van der Waals surface area contributed by atoms with Gasteiger partial charge in [0.2, 0.25) is 5.78 Å². The van der Waals surface area contributed by atoms with Gasteiger partial charge in [-0.05, 0) is 24.3 Å². The maximum atomic E-state index is 12.8. The van der Waals surface area contributed by atoms with Crippen molar-refractivity contribution in [1.29, 1.82) is 0 Å². The first-order valence-corrected chi connectivity index (χ1v) is 10.3. The van der Waals surface area contributed by atoms with Gasteiger partial charge in [0.15, 0.2) is 0 Å². The number of ketones is 1. The molecule has 0 saturated heterocycles. The van der Waals surface area contributed by atoms with E-state index in [9.17, 15) is 27.7 Å². The van der Waals surface area contributed by atoms with E-state index >= 15 is 0 Å². The number of carbonyl (C=O) groups is 2. The van der Waals surface area contributed by atoms with Gasteiger partial charge in [-0.15, -0.1) is 0 Å². The minimum atomic E-state index is -5.26. The molecule has 11 heteroatoms. The Kier molecular flexibility index (Phi) is 11.6. The summed E-state index contributed by atoms with van der Waals surface area (Å²) in [4.78, 5) is 21.7. The normalized spacial score (nSPS) is 15.6. The molecule has 0 fully saturated rings. The Morgan fingerprint density at radius 3 is 2.28 bits per heavy atom. The molecule has 3 atom stereocenters. The molecule has 5 N–H and O–H groups in total. The Balaban J connectivity index is 0. The molecule has 1 aromatic rings. The van der Waals surface area contributed by atoms with Crippen molar-refractivity contribution >= 4 is 22.0 Å². The fourth-order valence-electron chi connectivity index (χ4n) is 2.64. The SMILES string of the molecule is CCC(N)C(O)(C(=O)[C@H](CC(C)C)NC(=O)OCc1ccccc1)S(=O)(=O)O.[H-].[Na+]. The third-order valence-electron chi connectivity index (χ3n) is 4.22. The molecule has 9 nitrogen and oxygen atoms in total. The minimum absolute atomic E-state index is 0. The Hall–Kier alpha value is -1.01. The van der Waals surface area contributed by atoms with Gasteiger partial charge < -0.3 is 22.3 Å². The molecule has 2 unspecified atom stereocenters. The molecule has 0 radical (unpaired) electrons. The molecule has 0 aromatic heterocycles. The molecule has 0 spiro atoms. The van der Waals surface area contributed by atoms with Crippen molar-refractivity contribution in [1.82, 2.24) is 5.32 Å². The van der Waals surface area contributed by atoms with E-state index in [1.165, 1.54) is 6.92 Å². The predicted octanol–water partition coefficient (Wildman–Crippen LogP) is -1.67. The van der Waals surface area contributed by atoms with Crippen LogP contribution in [0.3, 0.4) is 0 Å². The molecule has 0 aliphatic rings. The molecule has 29 heavy (non-hydrogen) atoms. The van der Waals surface area contributed by atoms with Crippen LogP contribution in [-0.4, -0.2) is 47.0 Å². The second kappa shape index (κ2) is 12.0. The van der Waals surface area contributed by atoms with Gasteiger partial charge in [0.25, 0.3) is 4.93 Å². The summed E-state index contributed by atoms with van der Waals surface area (Å²) in [5, 5.41) is 12.8. The third kappa shape index (κ3) is 7.63. The minimum Gasteiger partial charge on any atom is -1.00 e. The van der Waals surface area contributed by atoms with Gasteiger partial charge in [-0.2, -0.15) is 8.42 Å². The molecule has 1 amide bonds. The molecular weight excluding hydrogens is 411 g/mol. The van der Waals surface area contributed by atoms with Crippen LogP contribution in [0.5, 0.6) is 0 Å². The number of aliphatic hydroxyl groups is 1. The van der Waals surface area contributed by atoms with Crippen molar-refractivity contribution in [3.05, 3.63) is 35.9 Å². The van der Waals surface area contributed by atoms with Gasteiger partial charge >= 0.3 is 45.8 Å². The maximum absolute atomic E-state index is 12.8. The van der Waals surface area contributed by atoms with Crippen LogP contribution in [0.15, 0.2) is 30.3 Å². The van der Waals surface area contributed by atoms with E-state index in [-0.39, 0.29) is 56.4 Å². The number of hydrogen-bond acceptors (Lipinski definition) is 7. The number of nitrogens with two attached hydrogens (primary N) is 1. The molecule has 1 aromatic carbocycles. The molecule has 160 valence electrons. The van der Waals surface area contributed by atoms with Crippen molar-refractivity contribution in [3.63, 3.8) is 0 Å². The van der Waals surface area contributed by atoms with Crippen molar-refractivity contribution in [3.8, 4) is 0 Å². The molecule has 0 aliphatic heterocycles. The first kappa shape index (κ1) is 28.0. The quantitative estimate of drug-likeness (QED) is 0.248. The Morgan fingerprint density at radius 1 is 1.28 bits per heavy atom. The van der Waals surface area contributed by atoms with Crippen molar-refractivity contribution in [2.24, 2.45) is 11.7 Å². The van der Waals surface area contributed by atoms with Crippen molar-refractivity contribution in [2.75, 3.05) is 0 Å². The first-order valence-electron chi connectivity index (χ1n) is 8.89. The van der Waals surface area contributed by atoms with Crippen LogP contribution < -0.4 is 40.6 Å². The van der Waals surface area contributed by atoms with E-state index in [1.807, 2.05) is 0 Å². The number of carbonyl (C=O) groups excluding carboxylic acids is 2. The van der Waals surface area contributed by atoms with Crippen LogP contribution in [0.1, 0.15) is 40.6 Å². The zero-order chi connectivity index (χ0) is 21.5. The van der Waals surface area contributed by atoms with Crippen LogP contribution in [0.4, 0.5) is 4.79 Å². The summed E-state index contributed by atoms with van der Waals surface area (Å²) >= 11 is 0. The average Bonchev–Trinajstić information content (AvgIpc) is 2.63. The standard InChI is InChI=1S/C18H28N2O7S.Na.H/c1-4-15(19)18(23,28(24,25)26)16(21)14(10-12(2)3)20-17(22)27-11-13-8-6-5-7-9-13;;/h5-9,12,14-15,23H,4,10-11,19H2,1-3H3,(H,20,22)(H,24,25,26);;/q;+1;-1/t14-,15?,18?;;/m0../s1. The van der Waals surface area contributed by atoms with Gasteiger partial charge in [0, 0.05) is 0 Å². The van der Waals surface area contributed by atoms with Crippen LogP contribution in [-0.2, 0) is 26.3 Å². The smallest absolute Gasteiger partial charge is 1.00 e. The molecule has 0 aliphatic carbocycles. The van der Waals surface area contributed by atoms with Gasteiger partial charge in [0.1, 0.15) is 6.61 Å². The number of Topliss-reactive ketones (excluding diaryl/α,β-unsaturated/α-hetero) is 1. The van der Waals surface area contributed by atoms with E-state index in [0.717, 1.165) is 0 Å². The summed E-state index contributed by atoms with van der Waals surface area (Å²) < 4.78 is 38.0. The first-order chi connectivity index (χ1) is 12.9. The van der Waals surface area contributed by atoms with Gasteiger partial charge in [-0.3, -0.25) is 9.35 Å². The van der Waals surface area contributed by atoms with E-state index < -0.39 is 39.0 Å². The Labute approximate surface area is 194 Å². The summed E-state index contributed by atoms with van der Waals surface area (Å²) in [7, 11) is -5.26. The Morgan fingerprint density at radius 2 is 1.83 bits per heavy atom. The van der Waals surface area contributed by atoms with E-state index in [4.69, 9.17) is 10.5 Å². The zero-order valence-corrected chi connectivity index (χ0v) is 20.0. The molecule has 0 bridgehead atoms. The van der Waals surface area contributed by atoms with Crippen LogP contribution in [0, 0.1) is 5.92 Å². The molecule has 1 rings (SSSR count).